The zero-order valence-corrected chi connectivity index (χ0v) is 15.3. The van der Waals surface area contributed by atoms with Gasteiger partial charge in [0.25, 0.3) is 0 Å². The summed E-state index contributed by atoms with van der Waals surface area (Å²) in [5, 5.41) is 0.362. The van der Waals surface area contributed by atoms with Gasteiger partial charge in [-0.25, -0.2) is 9.37 Å². The molecular weight excluding hydrogens is 371 g/mol. The van der Waals surface area contributed by atoms with Gasteiger partial charge in [-0.3, -0.25) is 0 Å². The summed E-state index contributed by atoms with van der Waals surface area (Å²) in [7, 11) is 0. The van der Waals surface area contributed by atoms with Crippen molar-refractivity contribution in [1.82, 2.24) is 9.97 Å². The smallest absolute Gasteiger partial charge is 0.243 e. The number of nitrogen functional groups attached to an aromatic ring is 2. The number of hydrogen-bond donors (Lipinski definition) is 2. The summed E-state index contributed by atoms with van der Waals surface area (Å²) in [6, 6.07) is 11.3. The first-order valence-electron chi connectivity index (χ1n) is 8.21. The Labute approximate surface area is 160 Å². The van der Waals surface area contributed by atoms with Gasteiger partial charge in [0.1, 0.15) is 23.9 Å². The summed E-state index contributed by atoms with van der Waals surface area (Å²) in [6.45, 7) is 2.41. The minimum absolute atomic E-state index is 0.131. The second-order valence-electron chi connectivity index (χ2n) is 5.65. The first kappa shape index (κ1) is 18.7. The predicted molar refractivity (Wildman–Crippen MR) is 103 cm³/mol. The van der Waals surface area contributed by atoms with Crippen LogP contribution in [0.3, 0.4) is 0 Å². The van der Waals surface area contributed by atoms with Crippen LogP contribution in [0.2, 0.25) is 5.02 Å². The lowest BCUT2D eigenvalue weighted by Gasteiger charge is -2.12. The summed E-state index contributed by atoms with van der Waals surface area (Å²) < 4.78 is 24.3. The molecule has 0 aliphatic carbocycles. The number of hydrogen-bond acceptors (Lipinski definition) is 6. The minimum Gasteiger partial charge on any atom is -0.487 e. The highest BCUT2D eigenvalue weighted by atomic mass is 35.5. The molecule has 1 aromatic heterocycles. The van der Waals surface area contributed by atoms with Gasteiger partial charge < -0.3 is 20.9 Å². The largest absolute Gasteiger partial charge is 0.487 e. The third kappa shape index (κ3) is 4.38. The lowest BCUT2D eigenvalue weighted by Crippen LogP contribution is -2.06. The number of nitrogens with two attached hydrogens (primary N) is 2. The number of ether oxygens (including phenoxy) is 2. The Morgan fingerprint density at radius 1 is 1.07 bits per heavy atom. The van der Waals surface area contributed by atoms with E-state index >= 15 is 0 Å². The Kier molecular flexibility index (Phi) is 5.61. The second-order valence-corrected chi connectivity index (χ2v) is 6.06. The van der Waals surface area contributed by atoms with E-state index < -0.39 is 0 Å². The van der Waals surface area contributed by atoms with Crippen molar-refractivity contribution >= 4 is 23.1 Å². The van der Waals surface area contributed by atoms with Crippen LogP contribution in [-0.2, 0) is 6.61 Å². The van der Waals surface area contributed by atoms with E-state index in [9.17, 15) is 4.39 Å². The molecule has 0 aliphatic heterocycles. The monoisotopic (exact) mass is 388 g/mol. The molecule has 0 unspecified atom stereocenters. The Hall–Kier alpha value is -3.06. The first-order chi connectivity index (χ1) is 13.0. The second kappa shape index (κ2) is 8.09. The number of benzene rings is 2. The Balaban J connectivity index is 1.82. The van der Waals surface area contributed by atoms with Gasteiger partial charge in [-0.2, -0.15) is 4.98 Å². The van der Waals surface area contributed by atoms with Gasteiger partial charge in [-0.15, -0.1) is 0 Å². The molecule has 1 heterocycles. The molecule has 0 aliphatic rings. The fraction of sp³-hybridized carbons (Fsp3) is 0.158. The normalized spacial score (nSPS) is 10.6. The van der Waals surface area contributed by atoms with Crippen molar-refractivity contribution in [3.05, 3.63) is 58.9 Å². The molecule has 0 atom stereocenters. The third-order valence-corrected chi connectivity index (χ3v) is 3.99. The maximum atomic E-state index is 13.2. The van der Waals surface area contributed by atoms with Gasteiger partial charge in [0.2, 0.25) is 5.88 Å². The molecule has 6 nitrogen and oxygen atoms in total. The Bertz CT molecular complexity index is 968. The molecule has 27 heavy (non-hydrogen) atoms. The van der Waals surface area contributed by atoms with Gasteiger partial charge in [0, 0.05) is 5.56 Å². The summed E-state index contributed by atoms with van der Waals surface area (Å²) in [5.41, 5.74) is 13.2. The van der Waals surface area contributed by atoms with Crippen LogP contribution in [0, 0.1) is 5.82 Å². The molecule has 2 aromatic carbocycles. The van der Waals surface area contributed by atoms with Crippen LogP contribution >= 0.6 is 11.6 Å². The van der Waals surface area contributed by atoms with E-state index in [1.807, 2.05) is 6.92 Å². The number of aromatic nitrogens is 2. The van der Waals surface area contributed by atoms with E-state index in [1.165, 1.54) is 12.1 Å². The van der Waals surface area contributed by atoms with Crippen LogP contribution in [0.4, 0.5) is 15.9 Å². The lowest BCUT2D eigenvalue weighted by molar-refractivity contribution is 0.306. The molecule has 0 bridgehead atoms. The molecule has 4 N–H and O–H groups in total. The molecule has 140 valence electrons. The fourth-order valence-electron chi connectivity index (χ4n) is 2.39. The third-order valence-electron chi connectivity index (χ3n) is 3.69. The van der Waals surface area contributed by atoms with Crippen molar-refractivity contribution < 1.29 is 13.9 Å². The van der Waals surface area contributed by atoms with E-state index in [0.29, 0.717) is 34.3 Å². The average Bonchev–Trinajstić information content (AvgIpc) is 2.64. The quantitative estimate of drug-likeness (QED) is 0.660. The molecular formula is C19H18ClFN4O2. The van der Waals surface area contributed by atoms with E-state index in [2.05, 4.69) is 9.97 Å². The standard InChI is InChI=1S/C19H18ClFN4O2/c1-2-26-19-16(22)17(23)24-18(25-19)12-6-7-15(14(20)9-12)27-10-11-4-3-5-13(21)8-11/h3-9H,2,10,22H2,1H3,(H2,23,24,25). The molecule has 0 saturated carbocycles. The molecule has 3 aromatic rings. The van der Waals surface area contributed by atoms with E-state index in [1.54, 1.807) is 30.3 Å². The number of anilines is 2. The van der Waals surface area contributed by atoms with Gasteiger partial charge in [0.05, 0.1) is 11.6 Å². The van der Waals surface area contributed by atoms with E-state index in [4.69, 9.17) is 32.5 Å². The van der Waals surface area contributed by atoms with Crippen LogP contribution < -0.4 is 20.9 Å². The van der Waals surface area contributed by atoms with Gasteiger partial charge in [-0.05, 0) is 42.8 Å². The summed E-state index contributed by atoms with van der Waals surface area (Å²) >= 11 is 6.31. The minimum atomic E-state index is -0.319. The fourth-order valence-corrected chi connectivity index (χ4v) is 2.62. The van der Waals surface area contributed by atoms with Gasteiger partial charge in [-0.1, -0.05) is 23.7 Å². The van der Waals surface area contributed by atoms with Crippen molar-refractivity contribution in [2.45, 2.75) is 13.5 Å². The van der Waals surface area contributed by atoms with Crippen molar-refractivity contribution in [3.8, 4) is 23.0 Å². The maximum Gasteiger partial charge on any atom is 0.243 e. The van der Waals surface area contributed by atoms with Crippen LogP contribution in [0.15, 0.2) is 42.5 Å². The summed E-state index contributed by atoms with van der Waals surface area (Å²) in [5.74, 6) is 0.830. The van der Waals surface area contributed by atoms with Crippen molar-refractivity contribution in [3.63, 3.8) is 0 Å². The molecule has 0 saturated heterocycles. The van der Waals surface area contributed by atoms with Crippen LogP contribution in [0.1, 0.15) is 12.5 Å². The number of rotatable bonds is 6. The van der Waals surface area contributed by atoms with Crippen LogP contribution in [0.5, 0.6) is 11.6 Å². The molecule has 0 fully saturated rings. The maximum absolute atomic E-state index is 13.2. The Morgan fingerprint density at radius 2 is 1.89 bits per heavy atom. The van der Waals surface area contributed by atoms with Crippen molar-refractivity contribution in [2.24, 2.45) is 0 Å². The van der Waals surface area contributed by atoms with E-state index in [-0.39, 0.29) is 29.8 Å². The van der Waals surface area contributed by atoms with Crippen LogP contribution in [-0.4, -0.2) is 16.6 Å². The highest BCUT2D eigenvalue weighted by molar-refractivity contribution is 6.32. The van der Waals surface area contributed by atoms with Crippen molar-refractivity contribution in [2.75, 3.05) is 18.1 Å². The molecule has 0 radical (unpaired) electrons. The molecule has 3 rings (SSSR count). The average molecular weight is 389 g/mol. The first-order valence-corrected chi connectivity index (χ1v) is 8.58. The highest BCUT2D eigenvalue weighted by Crippen LogP contribution is 2.32. The molecule has 0 spiro atoms. The number of halogens is 2. The highest BCUT2D eigenvalue weighted by Gasteiger charge is 2.14. The SMILES string of the molecule is CCOc1nc(-c2ccc(OCc3cccc(F)c3)c(Cl)c2)nc(N)c1N. The summed E-state index contributed by atoms with van der Waals surface area (Å²) in [6.07, 6.45) is 0. The topological polar surface area (TPSA) is 96.3 Å². The number of nitrogens with zero attached hydrogens (tertiary/aromatic N) is 2. The van der Waals surface area contributed by atoms with Gasteiger partial charge in [0.15, 0.2) is 11.6 Å². The Morgan fingerprint density at radius 3 is 2.59 bits per heavy atom. The van der Waals surface area contributed by atoms with Crippen molar-refractivity contribution in [1.29, 1.82) is 0 Å². The lowest BCUT2D eigenvalue weighted by atomic mass is 10.2. The van der Waals surface area contributed by atoms with Crippen LogP contribution in [0.25, 0.3) is 11.4 Å². The summed E-state index contributed by atoms with van der Waals surface area (Å²) in [4.78, 5) is 8.47. The zero-order chi connectivity index (χ0) is 19.4. The molecule has 8 heteroatoms. The zero-order valence-electron chi connectivity index (χ0n) is 14.6. The predicted octanol–water partition coefficient (Wildman–Crippen LogP) is 4.08. The molecule has 0 amide bonds. The van der Waals surface area contributed by atoms with E-state index in [0.717, 1.165) is 0 Å². The van der Waals surface area contributed by atoms with Gasteiger partial charge >= 0.3 is 0 Å².